The van der Waals surface area contributed by atoms with Gasteiger partial charge in [0.2, 0.25) is 0 Å². The molecule has 0 amide bonds. The Balaban J connectivity index is 3.79. The second-order valence-corrected chi connectivity index (χ2v) is 3.83. The van der Waals surface area contributed by atoms with Crippen LogP contribution in [0.1, 0.15) is 33.6 Å². The molecule has 0 bridgehead atoms. The summed E-state index contributed by atoms with van der Waals surface area (Å²) in [5, 5.41) is 0.980. The highest BCUT2D eigenvalue weighted by atomic mass is 32.2. The number of thioether (sulfide) groups is 1. The Bertz CT molecular complexity index is 137. The van der Waals surface area contributed by atoms with Crippen LogP contribution >= 0.6 is 11.8 Å². The van der Waals surface area contributed by atoms with Gasteiger partial charge in [-0.05, 0) is 32.0 Å². The lowest BCUT2D eigenvalue weighted by molar-refractivity contribution is -0.518. The molecule has 0 aromatic carbocycles. The maximum absolute atomic E-state index is 5.89. The molecule has 0 fully saturated rings. The Kier molecular flexibility index (Phi) is 7.36. The fourth-order valence-electron chi connectivity index (χ4n) is 0.948. The Labute approximate surface area is 80.2 Å². The average molecular weight is 189 g/mol. The topological polar surface area (TPSA) is 29.0 Å². The average Bonchev–Trinajstić information content (AvgIpc) is 2.07. The van der Waals surface area contributed by atoms with E-state index in [9.17, 15) is 0 Å². The maximum atomic E-state index is 5.89. The molecule has 0 aliphatic carbocycles. The summed E-state index contributed by atoms with van der Waals surface area (Å²) in [7, 11) is 0. The highest BCUT2D eigenvalue weighted by Gasteiger charge is 2.04. The molecular weight excluding hydrogens is 168 g/mol. The van der Waals surface area contributed by atoms with Gasteiger partial charge in [0.25, 0.3) is 0 Å². The normalized spacial score (nSPS) is 9.92. The van der Waals surface area contributed by atoms with E-state index in [-0.39, 0.29) is 0 Å². The van der Waals surface area contributed by atoms with Gasteiger partial charge in [-0.2, -0.15) is 0 Å². The maximum Gasteiger partial charge on any atom is 0.304 e. The van der Waals surface area contributed by atoms with Gasteiger partial charge >= 0.3 is 5.17 Å². The van der Waals surface area contributed by atoms with Gasteiger partial charge in [-0.1, -0.05) is 13.3 Å². The highest BCUT2D eigenvalue weighted by molar-refractivity contribution is 8.13. The highest BCUT2D eigenvalue weighted by Crippen LogP contribution is 2.03. The fourth-order valence-corrected chi connectivity index (χ4v) is 2.03. The quantitative estimate of drug-likeness (QED) is 0.310. The van der Waals surface area contributed by atoms with Crippen LogP contribution in [0.4, 0.5) is 0 Å². The van der Waals surface area contributed by atoms with Gasteiger partial charge in [-0.15, -0.1) is 0 Å². The Hall–Kier alpha value is -0.180. The summed E-state index contributed by atoms with van der Waals surface area (Å²) in [4.78, 5) is 0. The summed E-state index contributed by atoms with van der Waals surface area (Å²) in [6, 6.07) is 0. The zero-order chi connectivity index (χ0) is 9.40. The number of nitrogens with zero attached hydrogens (tertiary/aromatic N) is 1. The summed E-state index contributed by atoms with van der Waals surface area (Å²) in [5.41, 5.74) is 5.89. The smallest absolute Gasteiger partial charge is 0.281 e. The lowest BCUT2D eigenvalue weighted by Crippen LogP contribution is -2.25. The predicted octanol–water partition coefficient (Wildman–Crippen LogP) is 1.89. The van der Waals surface area contributed by atoms with Gasteiger partial charge < -0.3 is 0 Å². The van der Waals surface area contributed by atoms with E-state index in [1.54, 1.807) is 11.8 Å². The summed E-state index contributed by atoms with van der Waals surface area (Å²) < 4.78 is 2.19. The van der Waals surface area contributed by atoms with Crippen LogP contribution in [0.3, 0.4) is 0 Å². The van der Waals surface area contributed by atoms with Crippen molar-refractivity contribution in [1.82, 2.24) is 0 Å². The van der Waals surface area contributed by atoms with Crippen LogP contribution in [0.25, 0.3) is 0 Å². The minimum absolute atomic E-state index is 0.980. The second-order valence-electron chi connectivity index (χ2n) is 2.71. The Morgan fingerprint density at radius 1 is 1.25 bits per heavy atom. The first kappa shape index (κ1) is 11.8. The molecule has 0 aliphatic rings. The van der Waals surface area contributed by atoms with Crippen molar-refractivity contribution < 1.29 is 4.58 Å². The molecule has 0 saturated heterocycles. The molecule has 0 unspecified atom stereocenters. The van der Waals surface area contributed by atoms with Crippen molar-refractivity contribution in [3.63, 3.8) is 0 Å². The van der Waals surface area contributed by atoms with Crippen LogP contribution in [0.15, 0.2) is 0 Å². The van der Waals surface area contributed by atoms with Crippen LogP contribution in [0.5, 0.6) is 0 Å². The number of hydrogen-bond donors (Lipinski definition) is 1. The molecule has 2 nitrogen and oxygen atoms in total. The Morgan fingerprint density at radius 3 is 2.25 bits per heavy atom. The van der Waals surface area contributed by atoms with Crippen molar-refractivity contribution >= 4 is 16.9 Å². The van der Waals surface area contributed by atoms with E-state index < -0.39 is 0 Å². The number of unbranched alkanes of at least 4 members (excludes halogenated alkanes) is 1. The number of rotatable bonds is 5. The lowest BCUT2D eigenvalue weighted by atomic mass is 10.4. The lowest BCUT2D eigenvalue weighted by Gasteiger charge is -2.03. The molecule has 0 aromatic heterocycles. The van der Waals surface area contributed by atoms with Gasteiger partial charge in [0, 0.05) is 5.75 Å². The van der Waals surface area contributed by atoms with Crippen LogP contribution in [0, 0.1) is 0 Å². The van der Waals surface area contributed by atoms with E-state index in [2.05, 4.69) is 25.3 Å². The van der Waals surface area contributed by atoms with E-state index in [0.717, 1.165) is 24.0 Å². The predicted molar refractivity (Wildman–Crippen MR) is 57.9 cm³/mol. The minimum atomic E-state index is 0.980. The van der Waals surface area contributed by atoms with E-state index in [1.165, 1.54) is 12.8 Å². The van der Waals surface area contributed by atoms with Gasteiger partial charge in [-0.3, -0.25) is 10.3 Å². The SMILES string of the molecule is CCCCSC(N)=[N+](CC)CC. The largest absolute Gasteiger partial charge is 0.304 e. The third kappa shape index (κ3) is 4.65. The monoisotopic (exact) mass is 189 g/mol. The molecule has 0 saturated carbocycles. The molecule has 0 spiro atoms. The summed E-state index contributed by atoms with van der Waals surface area (Å²) in [6.07, 6.45) is 2.51. The molecule has 0 heterocycles. The molecule has 0 aliphatic heterocycles. The summed E-state index contributed by atoms with van der Waals surface area (Å²) >= 11 is 1.78. The van der Waals surface area contributed by atoms with Crippen molar-refractivity contribution in [1.29, 1.82) is 0 Å². The van der Waals surface area contributed by atoms with Crippen molar-refractivity contribution in [2.45, 2.75) is 33.6 Å². The van der Waals surface area contributed by atoms with E-state index in [1.807, 2.05) is 0 Å². The van der Waals surface area contributed by atoms with Gasteiger partial charge in [0.05, 0.1) is 13.1 Å². The molecule has 3 heteroatoms. The first-order chi connectivity index (χ1) is 5.76. The van der Waals surface area contributed by atoms with Crippen LogP contribution < -0.4 is 5.73 Å². The van der Waals surface area contributed by atoms with Gasteiger partial charge in [0.15, 0.2) is 0 Å². The number of nitrogens with two attached hydrogens (primary N) is 1. The molecule has 0 atom stereocenters. The molecule has 2 N–H and O–H groups in total. The fraction of sp³-hybridized carbons (Fsp3) is 0.889. The van der Waals surface area contributed by atoms with Crippen LogP contribution in [-0.4, -0.2) is 28.6 Å². The van der Waals surface area contributed by atoms with E-state index in [4.69, 9.17) is 5.73 Å². The van der Waals surface area contributed by atoms with E-state index >= 15 is 0 Å². The van der Waals surface area contributed by atoms with Gasteiger partial charge in [-0.25, -0.2) is 0 Å². The van der Waals surface area contributed by atoms with Crippen molar-refractivity contribution in [3.05, 3.63) is 0 Å². The van der Waals surface area contributed by atoms with Crippen LogP contribution in [0.2, 0.25) is 0 Å². The molecule has 12 heavy (non-hydrogen) atoms. The van der Waals surface area contributed by atoms with Crippen molar-refractivity contribution in [2.75, 3.05) is 18.8 Å². The number of amidine groups is 1. The molecule has 72 valence electrons. The van der Waals surface area contributed by atoms with Gasteiger partial charge in [0.1, 0.15) is 0 Å². The third-order valence-corrected chi connectivity index (χ3v) is 2.87. The molecule has 0 radical (unpaired) electrons. The third-order valence-electron chi connectivity index (χ3n) is 1.82. The first-order valence-electron chi connectivity index (χ1n) is 4.76. The second kappa shape index (κ2) is 7.47. The minimum Gasteiger partial charge on any atom is -0.281 e. The molecule has 0 rings (SSSR count). The van der Waals surface area contributed by atoms with Crippen LogP contribution in [-0.2, 0) is 0 Å². The molecule has 0 aromatic rings. The summed E-state index contributed by atoms with van der Waals surface area (Å²) in [6.45, 7) is 8.50. The Morgan fingerprint density at radius 2 is 1.83 bits per heavy atom. The molecular formula is C9H21N2S+. The number of hydrogen-bond acceptors (Lipinski definition) is 1. The zero-order valence-electron chi connectivity index (χ0n) is 8.47. The van der Waals surface area contributed by atoms with Crippen molar-refractivity contribution in [3.8, 4) is 0 Å². The summed E-state index contributed by atoms with van der Waals surface area (Å²) in [5.74, 6) is 1.15. The first-order valence-corrected chi connectivity index (χ1v) is 5.74. The standard InChI is InChI=1S/C9H20N2S/c1-4-7-8-12-9(10)11(5-2)6-3/h10H,4-8H2,1-3H3/p+1. The van der Waals surface area contributed by atoms with Crippen molar-refractivity contribution in [2.24, 2.45) is 5.73 Å². The zero-order valence-corrected chi connectivity index (χ0v) is 9.28. The van der Waals surface area contributed by atoms with E-state index in [0.29, 0.717) is 0 Å².